The van der Waals surface area contributed by atoms with Gasteiger partial charge in [-0.25, -0.2) is 9.97 Å². The van der Waals surface area contributed by atoms with Crippen molar-refractivity contribution in [3.8, 4) is 0 Å². The van der Waals surface area contributed by atoms with Gasteiger partial charge in [0.05, 0.1) is 33.4 Å². The number of hydrogen-bond donors (Lipinski definition) is 4. The summed E-state index contributed by atoms with van der Waals surface area (Å²) in [5.74, 6) is 0.345. The SMILES string of the molecule is CCc1[nH]c2nc(Sc3cnc4cccnc4c3)nc(N3CC(N)[C@@H](C(=O)NC4CNC4)C3)c2c1Cl. The largest absolute Gasteiger partial charge is 0.353 e. The summed E-state index contributed by atoms with van der Waals surface area (Å²) in [6.45, 7) is 4.59. The number of anilines is 1. The van der Waals surface area contributed by atoms with Gasteiger partial charge in [0.15, 0.2) is 5.16 Å². The van der Waals surface area contributed by atoms with E-state index in [2.05, 4.69) is 30.5 Å². The molecular formula is C24H26ClN9OS. The molecule has 4 aromatic rings. The summed E-state index contributed by atoms with van der Waals surface area (Å²) < 4.78 is 0. The van der Waals surface area contributed by atoms with Crippen LogP contribution in [0.25, 0.3) is 22.1 Å². The Balaban J connectivity index is 1.34. The lowest BCUT2D eigenvalue weighted by molar-refractivity contribution is -0.125. The number of fused-ring (bicyclic) bond motifs is 2. The highest BCUT2D eigenvalue weighted by molar-refractivity contribution is 7.99. The van der Waals surface area contributed by atoms with Crippen molar-refractivity contribution >= 4 is 57.2 Å². The van der Waals surface area contributed by atoms with Crippen LogP contribution in [0.4, 0.5) is 5.82 Å². The third-order valence-electron chi connectivity index (χ3n) is 6.74. The molecule has 0 aromatic carbocycles. The van der Waals surface area contributed by atoms with Gasteiger partial charge in [0, 0.05) is 55.2 Å². The highest BCUT2D eigenvalue weighted by atomic mass is 35.5. The second-order valence-corrected chi connectivity index (χ2v) is 10.6. The molecule has 0 bridgehead atoms. The van der Waals surface area contributed by atoms with Crippen LogP contribution in [-0.4, -0.2) is 69.1 Å². The fraction of sp³-hybridized carbons (Fsp3) is 0.375. The van der Waals surface area contributed by atoms with Crippen LogP contribution in [0.1, 0.15) is 12.6 Å². The van der Waals surface area contributed by atoms with Gasteiger partial charge in [-0.1, -0.05) is 18.5 Å². The van der Waals surface area contributed by atoms with Crippen LogP contribution in [0.2, 0.25) is 5.02 Å². The first-order valence-corrected chi connectivity index (χ1v) is 13.2. The summed E-state index contributed by atoms with van der Waals surface area (Å²) in [4.78, 5) is 37.8. The molecule has 2 fully saturated rings. The van der Waals surface area contributed by atoms with Gasteiger partial charge in [0.1, 0.15) is 11.5 Å². The van der Waals surface area contributed by atoms with E-state index in [0.29, 0.717) is 34.7 Å². The van der Waals surface area contributed by atoms with Crippen molar-refractivity contribution in [1.82, 2.24) is 35.6 Å². The Bertz CT molecular complexity index is 1460. The number of hydrogen-bond acceptors (Lipinski definition) is 9. The molecular weight excluding hydrogens is 498 g/mol. The molecule has 5 N–H and O–H groups in total. The minimum atomic E-state index is -0.328. The lowest BCUT2D eigenvalue weighted by Gasteiger charge is -2.29. The van der Waals surface area contributed by atoms with E-state index in [9.17, 15) is 4.79 Å². The van der Waals surface area contributed by atoms with Crippen LogP contribution >= 0.6 is 23.4 Å². The van der Waals surface area contributed by atoms with E-state index in [-0.39, 0.29) is 23.9 Å². The van der Waals surface area contributed by atoms with E-state index in [4.69, 9.17) is 27.3 Å². The number of aryl methyl sites for hydroxylation is 1. The average Bonchev–Trinajstić information content (AvgIpc) is 3.40. The Morgan fingerprint density at radius 3 is 2.92 bits per heavy atom. The molecule has 2 aliphatic rings. The zero-order chi connectivity index (χ0) is 24.8. The highest BCUT2D eigenvalue weighted by Crippen LogP contribution is 2.38. The number of rotatable bonds is 6. The lowest BCUT2D eigenvalue weighted by Crippen LogP contribution is -2.59. The molecule has 1 unspecified atom stereocenters. The third-order valence-corrected chi connectivity index (χ3v) is 7.98. The molecule has 1 amide bonds. The standard InChI is InChI=1S/C24H26ClN9OS/c1-2-16-20(25)19-21(31-16)32-24(36-13-6-18-17(29-9-13)4-3-5-28-18)33-22(19)34-10-14(15(26)11-34)23(35)30-12-7-27-8-12/h3-6,9,12,14-15,27H,2,7-8,10-11,26H2,1H3,(H,30,35)(H,31,32,33)/t14-,15?/m0/s1. The van der Waals surface area contributed by atoms with E-state index in [1.807, 2.05) is 25.1 Å². The zero-order valence-corrected chi connectivity index (χ0v) is 21.2. The Labute approximate surface area is 216 Å². The second-order valence-electron chi connectivity index (χ2n) is 9.18. The molecule has 0 saturated carbocycles. The molecule has 6 heterocycles. The fourth-order valence-corrected chi connectivity index (χ4v) is 5.77. The number of halogens is 1. The number of pyridine rings is 2. The molecule has 10 nitrogen and oxygen atoms in total. The van der Waals surface area contributed by atoms with Crippen LogP contribution < -0.4 is 21.3 Å². The summed E-state index contributed by atoms with van der Waals surface area (Å²) in [6.07, 6.45) is 4.27. The number of nitrogens with zero attached hydrogens (tertiary/aromatic N) is 5. The summed E-state index contributed by atoms with van der Waals surface area (Å²) >= 11 is 8.18. The summed E-state index contributed by atoms with van der Waals surface area (Å²) in [5, 5.41) is 8.18. The number of aromatic nitrogens is 5. The van der Waals surface area contributed by atoms with Gasteiger partial charge in [-0.05, 0) is 36.4 Å². The number of nitrogens with one attached hydrogen (secondary N) is 3. The van der Waals surface area contributed by atoms with E-state index < -0.39 is 0 Å². The second kappa shape index (κ2) is 9.47. The molecule has 186 valence electrons. The summed E-state index contributed by atoms with van der Waals surface area (Å²) in [6, 6.07) is 5.63. The minimum absolute atomic E-state index is 0.0134. The van der Waals surface area contributed by atoms with Gasteiger partial charge in [-0.3, -0.25) is 14.8 Å². The Kier molecular flexibility index (Phi) is 6.16. The van der Waals surface area contributed by atoms with E-state index in [1.165, 1.54) is 11.8 Å². The maximum Gasteiger partial charge on any atom is 0.226 e. The molecule has 0 spiro atoms. The number of nitrogens with two attached hydrogens (primary N) is 1. The molecule has 36 heavy (non-hydrogen) atoms. The maximum atomic E-state index is 12.9. The van der Waals surface area contributed by atoms with Gasteiger partial charge in [0.2, 0.25) is 5.91 Å². The molecule has 2 atom stereocenters. The minimum Gasteiger partial charge on any atom is -0.353 e. The monoisotopic (exact) mass is 523 g/mol. The van der Waals surface area contributed by atoms with E-state index in [0.717, 1.165) is 46.5 Å². The Hall–Kier alpha value is -2.99. The van der Waals surface area contributed by atoms with Crippen molar-refractivity contribution in [2.75, 3.05) is 31.1 Å². The molecule has 6 rings (SSSR count). The van der Waals surface area contributed by atoms with Gasteiger partial charge >= 0.3 is 0 Å². The van der Waals surface area contributed by atoms with Crippen molar-refractivity contribution in [3.63, 3.8) is 0 Å². The number of aromatic amines is 1. The number of amides is 1. The van der Waals surface area contributed by atoms with Crippen LogP contribution in [0.5, 0.6) is 0 Å². The van der Waals surface area contributed by atoms with Crippen LogP contribution in [0, 0.1) is 5.92 Å². The predicted molar refractivity (Wildman–Crippen MR) is 140 cm³/mol. The lowest BCUT2D eigenvalue weighted by atomic mass is 10.0. The summed E-state index contributed by atoms with van der Waals surface area (Å²) in [7, 11) is 0. The number of carbonyl (C=O) groups is 1. The normalized spacial score (nSPS) is 20.2. The number of H-pyrrole nitrogens is 1. The first-order valence-electron chi connectivity index (χ1n) is 12.0. The topological polar surface area (TPSA) is 138 Å². The van der Waals surface area contributed by atoms with Gasteiger partial charge in [0.25, 0.3) is 0 Å². The van der Waals surface area contributed by atoms with Crippen molar-refractivity contribution in [2.24, 2.45) is 11.7 Å². The fourth-order valence-electron chi connectivity index (χ4n) is 4.66. The molecule has 2 aliphatic heterocycles. The maximum absolute atomic E-state index is 12.9. The van der Waals surface area contributed by atoms with Crippen molar-refractivity contribution in [3.05, 3.63) is 41.3 Å². The predicted octanol–water partition coefficient (Wildman–Crippen LogP) is 2.12. The first kappa shape index (κ1) is 23.4. The smallest absolute Gasteiger partial charge is 0.226 e. The zero-order valence-electron chi connectivity index (χ0n) is 19.7. The van der Waals surface area contributed by atoms with Crippen molar-refractivity contribution in [2.45, 2.75) is 35.5 Å². The van der Waals surface area contributed by atoms with Gasteiger partial charge in [-0.15, -0.1) is 0 Å². The summed E-state index contributed by atoms with van der Waals surface area (Å²) in [5.41, 5.74) is 9.65. The molecule has 2 saturated heterocycles. The molecule has 12 heteroatoms. The number of carbonyl (C=O) groups excluding carboxylic acids is 1. The molecule has 0 aliphatic carbocycles. The van der Waals surface area contributed by atoms with Crippen LogP contribution in [0.3, 0.4) is 0 Å². The van der Waals surface area contributed by atoms with Crippen molar-refractivity contribution in [1.29, 1.82) is 0 Å². The first-order chi connectivity index (χ1) is 17.5. The van der Waals surface area contributed by atoms with Crippen molar-refractivity contribution < 1.29 is 4.79 Å². The quantitative estimate of drug-likeness (QED) is 0.280. The van der Waals surface area contributed by atoms with E-state index in [1.54, 1.807) is 12.4 Å². The van der Waals surface area contributed by atoms with E-state index >= 15 is 0 Å². The molecule has 4 aromatic heterocycles. The third kappa shape index (κ3) is 4.26. The van der Waals surface area contributed by atoms with Crippen LogP contribution in [-0.2, 0) is 11.2 Å². The van der Waals surface area contributed by atoms with Gasteiger partial charge < -0.3 is 26.3 Å². The van der Waals surface area contributed by atoms with Gasteiger partial charge in [-0.2, -0.15) is 0 Å². The molecule has 0 radical (unpaired) electrons. The van der Waals surface area contributed by atoms with Crippen LogP contribution in [0.15, 0.2) is 40.6 Å². The average molecular weight is 524 g/mol. The Morgan fingerprint density at radius 1 is 1.28 bits per heavy atom. The highest BCUT2D eigenvalue weighted by Gasteiger charge is 2.38. The Morgan fingerprint density at radius 2 is 2.14 bits per heavy atom.